The highest BCUT2D eigenvalue weighted by atomic mass is 35.5. The maximum Gasteiger partial charge on any atom is 0.343 e. The van der Waals surface area contributed by atoms with Gasteiger partial charge in [0.2, 0.25) is 6.79 Å². The maximum absolute atomic E-state index is 12.8. The van der Waals surface area contributed by atoms with Crippen molar-refractivity contribution in [3.8, 4) is 28.7 Å². The maximum atomic E-state index is 12.8. The molecule has 6 rings (SSSR count). The Kier molecular flexibility index (Phi) is 8.07. The zero-order chi connectivity index (χ0) is 30.6. The lowest BCUT2D eigenvalue weighted by Gasteiger charge is -2.10. The van der Waals surface area contributed by atoms with Crippen LogP contribution < -0.4 is 24.4 Å². The Hall–Kier alpha value is -5.48. The first-order chi connectivity index (χ1) is 21.3. The molecule has 0 radical (unpaired) electrons. The Bertz CT molecular complexity index is 1860. The van der Waals surface area contributed by atoms with Crippen LogP contribution in [0.1, 0.15) is 43.6 Å². The van der Waals surface area contributed by atoms with Crippen molar-refractivity contribution in [3.63, 3.8) is 0 Å². The van der Waals surface area contributed by atoms with Crippen LogP contribution in [0, 0.1) is 13.8 Å². The second kappa shape index (κ2) is 12.4. The lowest BCUT2D eigenvalue weighted by Crippen LogP contribution is -2.17. The van der Waals surface area contributed by atoms with Gasteiger partial charge in [0.1, 0.15) is 23.9 Å². The Labute approximate surface area is 257 Å². The van der Waals surface area contributed by atoms with Crippen LogP contribution in [0.2, 0.25) is 5.02 Å². The molecule has 10 nitrogen and oxygen atoms in total. The lowest BCUT2D eigenvalue weighted by atomic mass is 10.2. The van der Waals surface area contributed by atoms with Crippen LogP contribution in [-0.2, 0) is 6.61 Å². The number of hydrazone groups is 1. The fourth-order valence-corrected chi connectivity index (χ4v) is 4.79. The summed E-state index contributed by atoms with van der Waals surface area (Å²) in [7, 11) is 0. The van der Waals surface area contributed by atoms with Crippen molar-refractivity contribution < 1.29 is 33.0 Å². The third-order valence-electron chi connectivity index (χ3n) is 6.79. The predicted octanol–water partition coefficient (Wildman–Crippen LogP) is 6.63. The van der Waals surface area contributed by atoms with E-state index in [1.807, 2.05) is 24.3 Å². The van der Waals surface area contributed by atoms with E-state index in [4.69, 9.17) is 35.0 Å². The number of carbonyl (C=O) groups excluding carboxylic acids is 2. The molecule has 0 saturated heterocycles. The van der Waals surface area contributed by atoms with Gasteiger partial charge in [0.15, 0.2) is 17.3 Å². The largest absolute Gasteiger partial charge is 0.486 e. The average Bonchev–Trinajstić information content (AvgIpc) is 3.77. The molecule has 1 aliphatic heterocycles. The molecular formula is C33H26ClN3O7. The molecule has 0 bridgehead atoms. The smallest absolute Gasteiger partial charge is 0.343 e. The number of ether oxygens (including phenoxy) is 4. The Balaban J connectivity index is 1.05. The Morgan fingerprint density at radius 2 is 1.70 bits per heavy atom. The van der Waals surface area contributed by atoms with Gasteiger partial charge in [-0.2, -0.15) is 5.10 Å². The Morgan fingerprint density at radius 1 is 0.932 bits per heavy atom. The molecule has 3 heterocycles. The molecule has 44 heavy (non-hydrogen) atoms. The minimum Gasteiger partial charge on any atom is -0.486 e. The molecule has 0 atom stereocenters. The molecule has 1 amide bonds. The van der Waals surface area contributed by atoms with Gasteiger partial charge in [0.05, 0.1) is 11.8 Å². The first-order valence-corrected chi connectivity index (χ1v) is 13.9. The number of carbonyl (C=O) groups is 2. The Morgan fingerprint density at radius 3 is 2.50 bits per heavy atom. The van der Waals surface area contributed by atoms with Crippen molar-refractivity contribution in [3.05, 3.63) is 124 Å². The molecule has 5 aromatic rings. The summed E-state index contributed by atoms with van der Waals surface area (Å²) in [5.41, 5.74) is 6.39. The van der Waals surface area contributed by atoms with Gasteiger partial charge in [-0.05, 0) is 98.8 Å². The van der Waals surface area contributed by atoms with Crippen molar-refractivity contribution >= 4 is 29.7 Å². The van der Waals surface area contributed by atoms with E-state index in [1.165, 1.54) is 18.3 Å². The van der Waals surface area contributed by atoms with E-state index >= 15 is 0 Å². The van der Waals surface area contributed by atoms with E-state index in [9.17, 15) is 9.59 Å². The molecule has 2 aromatic heterocycles. The summed E-state index contributed by atoms with van der Waals surface area (Å²) >= 11 is 6.14. The third-order valence-corrected chi connectivity index (χ3v) is 7.02. The van der Waals surface area contributed by atoms with Crippen molar-refractivity contribution in [1.82, 2.24) is 9.99 Å². The van der Waals surface area contributed by atoms with Gasteiger partial charge in [-0.15, -0.1) is 0 Å². The van der Waals surface area contributed by atoms with Gasteiger partial charge >= 0.3 is 11.9 Å². The number of amides is 1. The van der Waals surface area contributed by atoms with Gasteiger partial charge in [-0.1, -0.05) is 11.6 Å². The van der Waals surface area contributed by atoms with Gasteiger partial charge in [0.25, 0.3) is 0 Å². The summed E-state index contributed by atoms with van der Waals surface area (Å²) < 4.78 is 29.8. The molecule has 0 aliphatic carbocycles. The molecule has 11 heteroatoms. The highest BCUT2D eigenvalue weighted by Crippen LogP contribution is 2.33. The molecule has 0 saturated carbocycles. The van der Waals surface area contributed by atoms with E-state index in [0.717, 1.165) is 17.1 Å². The summed E-state index contributed by atoms with van der Waals surface area (Å²) in [5.74, 6) is 1.20. The van der Waals surface area contributed by atoms with E-state index in [2.05, 4.69) is 41.1 Å². The molecule has 0 spiro atoms. The van der Waals surface area contributed by atoms with Gasteiger partial charge < -0.3 is 27.9 Å². The predicted molar refractivity (Wildman–Crippen MR) is 162 cm³/mol. The molecule has 0 fully saturated rings. The van der Waals surface area contributed by atoms with Crippen LogP contribution in [0.3, 0.4) is 0 Å². The highest BCUT2D eigenvalue weighted by molar-refractivity contribution is 6.31. The quantitative estimate of drug-likeness (QED) is 0.0861. The van der Waals surface area contributed by atoms with Gasteiger partial charge in [-0.25, -0.2) is 10.2 Å². The summed E-state index contributed by atoms with van der Waals surface area (Å²) in [5, 5.41) is 4.38. The molecule has 0 unspecified atom stereocenters. The number of hydrogen-bond donors (Lipinski definition) is 1. The number of nitrogens with zero attached hydrogens (tertiary/aromatic N) is 2. The molecule has 1 N–H and O–H groups in total. The first-order valence-electron chi connectivity index (χ1n) is 13.6. The second-order valence-corrected chi connectivity index (χ2v) is 10.3. The van der Waals surface area contributed by atoms with Gasteiger partial charge in [0, 0.05) is 27.7 Å². The number of halogens is 1. The number of furan rings is 1. The van der Waals surface area contributed by atoms with Crippen molar-refractivity contribution in [1.29, 1.82) is 0 Å². The summed E-state index contributed by atoms with van der Waals surface area (Å²) in [6.07, 6.45) is 1.32. The highest BCUT2D eigenvalue weighted by Gasteiger charge is 2.18. The normalized spacial score (nSPS) is 12.0. The number of esters is 1. The minimum atomic E-state index is -0.614. The minimum absolute atomic E-state index is 0.0511. The van der Waals surface area contributed by atoms with Crippen LogP contribution in [-0.4, -0.2) is 29.5 Å². The van der Waals surface area contributed by atoms with E-state index in [0.29, 0.717) is 33.6 Å². The van der Waals surface area contributed by atoms with Crippen LogP contribution in [0.4, 0.5) is 0 Å². The number of aryl methyl sites for hydroxylation is 2. The molecular weight excluding hydrogens is 586 g/mol. The number of nitrogens with one attached hydrogen (secondary N) is 1. The average molecular weight is 612 g/mol. The third kappa shape index (κ3) is 6.30. The van der Waals surface area contributed by atoms with Crippen LogP contribution in [0.25, 0.3) is 5.69 Å². The molecule has 222 valence electrons. The van der Waals surface area contributed by atoms with Crippen molar-refractivity contribution in [2.45, 2.75) is 20.5 Å². The second-order valence-electron chi connectivity index (χ2n) is 9.84. The fraction of sp³-hybridized carbons (Fsp3) is 0.121. The van der Waals surface area contributed by atoms with E-state index in [-0.39, 0.29) is 30.5 Å². The number of fused-ring (bicyclic) bond motifs is 1. The van der Waals surface area contributed by atoms with Crippen molar-refractivity contribution in [2.75, 3.05) is 6.79 Å². The zero-order valence-corrected chi connectivity index (χ0v) is 24.5. The van der Waals surface area contributed by atoms with Crippen LogP contribution >= 0.6 is 11.6 Å². The molecule has 1 aliphatic rings. The monoisotopic (exact) mass is 611 g/mol. The fourth-order valence-electron chi connectivity index (χ4n) is 4.61. The SMILES string of the molecule is Cc1ccc(C)n1-c1ccc(OCc2ccc(C(=O)N/N=C/c3cc(Cl)ccc3OC(=O)c3ccc4c(c3)OCO4)o2)cc1. The number of hydrogen-bond acceptors (Lipinski definition) is 8. The van der Waals surface area contributed by atoms with Gasteiger partial charge in [-0.3, -0.25) is 4.79 Å². The number of benzene rings is 3. The summed E-state index contributed by atoms with van der Waals surface area (Å²) in [4.78, 5) is 25.4. The summed E-state index contributed by atoms with van der Waals surface area (Å²) in [6, 6.07) is 24.5. The van der Waals surface area contributed by atoms with E-state index in [1.54, 1.807) is 36.4 Å². The topological polar surface area (TPSA) is 114 Å². The van der Waals surface area contributed by atoms with E-state index < -0.39 is 11.9 Å². The summed E-state index contributed by atoms with van der Waals surface area (Å²) in [6.45, 7) is 4.34. The first kappa shape index (κ1) is 28.6. The molecule has 3 aromatic carbocycles. The van der Waals surface area contributed by atoms with Crippen LogP contribution in [0.15, 0.2) is 94.4 Å². The van der Waals surface area contributed by atoms with Crippen molar-refractivity contribution in [2.24, 2.45) is 5.10 Å². The number of rotatable bonds is 9. The number of aromatic nitrogens is 1. The standard InChI is InChI=1S/C33H26ClN3O7/c1-20-3-4-21(2)37(20)25-7-9-26(10-8-25)40-18-27-11-14-30(43-27)32(38)36-35-17-23-15-24(34)6-13-28(23)44-33(39)22-5-12-29-31(16-22)42-19-41-29/h3-17H,18-19H2,1-2H3,(H,36,38)/b35-17+. The lowest BCUT2D eigenvalue weighted by molar-refractivity contribution is 0.0733. The van der Waals surface area contributed by atoms with Crippen LogP contribution in [0.5, 0.6) is 23.0 Å². The zero-order valence-electron chi connectivity index (χ0n) is 23.7.